The second-order valence-corrected chi connectivity index (χ2v) is 4.34. The van der Waals surface area contributed by atoms with E-state index >= 15 is 0 Å². The number of aliphatic hydroxyl groups excluding tert-OH is 2. The molecule has 0 fully saturated rings. The predicted octanol–water partition coefficient (Wildman–Crippen LogP) is 1.87. The first-order valence-electron chi connectivity index (χ1n) is 6.12. The Morgan fingerprint density at radius 3 is 2.55 bits per heavy atom. The Kier molecular flexibility index (Phi) is 4.84. The van der Waals surface area contributed by atoms with Crippen molar-refractivity contribution in [3.8, 4) is 0 Å². The molecule has 0 spiro atoms. The van der Waals surface area contributed by atoms with Gasteiger partial charge in [-0.2, -0.15) is 0 Å². The van der Waals surface area contributed by atoms with E-state index in [2.05, 4.69) is 5.32 Å². The van der Waals surface area contributed by atoms with Gasteiger partial charge < -0.3 is 19.9 Å². The highest BCUT2D eigenvalue weighted by Crippen LogP contribution is 2.17. The molecule has 0 unspecified atom stereocenters. The summed E-state index contributed by atoms with van der Waals surface area (Å²) in [6.45, 7) is 0.251. The first-order chi connectivity index (χ1) is 9.60. The van der Waals surface area contributed by atoms with Gasteiger partial charge in [0, 0.05) is 18.2 Å². The highest BCUT2D eigenvalue weighted by molar-refractivity contribution is 5.21. The van der Waals surface area contributed by atoms with Crippen LogP contribution in [-0.4, -0.2) is 16.8 Å². The highest BCUT2D eigenvalue weighted by atomic mass is 19.1. The van der Waals surface area contributed by atoms with Gasteiger partial charge in [-0.25, -0.2) is 8.78 Å². The van der Waals surface area contributed by atoms with Gasteiger partial charge in [0.05, 0.1) is 12.6 Å². The predicted molar refractivity (Wildman–Crippen MR) is 67.7 cm³/mol. The molecule has 0 radical (unpaired) electrons. The molecule has 0 bridgehead atoms. The van der Waals surface area contributed by atoms with E-state index in [-0.39, 0.29) is 18.7 Å². The second kappa shape index (κ2) is 6.60. The third kappa shape index (κ3) is 3.63. The van der Waals surface area contributed by atoms with Gasteiger partial charge in [-0.1, -0.05) is 6.07 Å². The molecule has 0 saturated carbocycles. The third-order valence-corrected chi connectivity index (χ3v) is 2.83. The Balaban J connectivity index is 1.87. The van der Waals surface area contributed by atoms with E-state index in [1.54, 1.807) is 12.1 Å². The van der Waals surface area contributed by atoms with E-state index < -0.39 is 17.7 Å². The molecule has 20 heavy (non-hydrogen) atoms. The normalized spacial score (nSPS) is 12.6. The van der Waals surface area contributed by atoms with Crippen LogP contribution in [0.5, 0.6) is 0 Å². The van der Waals surface area contributed by atoms with Crippen molar-refractivity contribution in [2.75, 3.05) is 6.54 Å². The zero-order valence-corrected chi connectivity index (χ0v) is 10.6. The van der Waals surface area contributed by atoms with Crippen LogP contribution >= 0.6 is 0 Å². The summed E-state index contributed by atoms with van der Waals surface area (Å²) >= 11 is 0. The number of hydrogen-bond donors (Lipinski definition) is 3. The average molecular weight is 283 g/mol. The Morgan fingerprint density at radius 1 is 1.15 bits per heavy atom. The van der Waals surface area contributed by atoms with Gasteiger partial charge >= 0.3 is 0 Å². The minimum absolute atomic E-state index is 0.0365. The average Bonchev–Trinajstić information content (AvgIpc) is 2.86. The van der Waals surface area contributed by atoms with Crippen molar-refractivity contribution in [1.82, 2.24) is 5.32 Å². The molecule has 108 valence electrons. The van der Waals surface area contributed by atoms with Gasteiger partial charge in [-0.3, -0.25) is 0 Å². The Hall–Kier alpha value is -1.76. The monoisotopic (exact) mass is 283 g/mol. The zero-order valence-electron chi connectivity index (χ0n) is 10.6. The fourth-order valence-corrected chi connectivity index (χ4v) is 1.82. The van der Waals surface area contributed by atoms with Crippen molar-refractivity contribution in [1.29, 1.82) is 0 Å². The lowest BCUT2D eigenvalue weighted by molar-refractivity contribution is 0.168. The summed E-state index contributed by atoms with van der Waals surface area (Å²) < 4.78 is 31.4. The standard InChI is InChI=1S/C14H15F2NO3/c15-9-1-4-12(13(16)5-9)14(19)7-17-6-10-2-3-11(8-18)20-10/h1-5,14,17-19H,6-8H2/t14-/m1/s1. The van der Waals surface area contributed by atoms with E-state index in [0.29, 0.717) is 18.1 Å². The zero-order chi connectivity index (χ0) is 14.5. The SMILES string of the molecule is OCc1ccc(CNC[C@@H](O)c2ccc(F)cc2F)o1. The fraction of sp³-hybridized carbons (Fsp3) is 0.286. The molecular formula is C14H15F2NO3. The molecule has 6 heteroatoms. The molecular weight excluding hydrogens is 268 g/mol. The van der Waals surface area contributed by atoms with Gasteiger partial charge in [0.25, 0.3) is 0 Å². The smallest absolute Gasteiger partial charge is 0.131 e. The first kappa shape index (κ1) is 14.6. The molecule has 0 aliphatic rings. The number of halogens is 2. The quantitative estimate of drug-likeness (QED) is 0.757. The molecule has 0 aliphatic heterocycles. The lowest BCUT2D eigenvalue weighted by atomic mass is 10.1. The van der Waals surface area contributed by atoms with Gasteiger partial charge in [-0.15, -0.1) is 0 Å². The van der Waals surface area contributed by atoms with E-state index in [9.17, 15) is 13.9 Å². The van der Waals surface area contributed by atoms with Gasteiger partial charge in [0.1, 0.15) is 29.8 Å². The molecule has 2 rings (SSSR count). The van der Waals surface area contributed by atoms with E-state index in [1.165, 1.54) is 6.07 Å². The Bertz CT molecular complexity index is 571. The summed E-state index contributed by atoms with van der Waals surface area (Å²) in [5, 5.41) is 21.6. The molecule has 1 atom stereocenters. The topological polar surface area (TPSA) is 65.6 Å². The van der Waals surface area contributed by atoms with Gasteiger partial charge in [0.15, 0.2) is 0 Å². The van der Waals surface area contributed by atoms with Crippen LogP contribution in [-0.2, 0) is 13.2 Å². The van der Waals surface area contributed by atoms with Crippen LogP contribution in [0.4, 0.5) is 8.78 Å². The van der Waals surface area contributed by atoms with E-state index in [1.807, 2.05) is 0 Å². The summed E-state index contributed by atoms with van der Waals surface area (Å²) in [5.41, 5.74) is 0.0365. The number of hydrogen-bond acceptors (Lipinski definition) is 4. The van der Waals surface area contributed by atoms with Crippen molar-refractivity contribution >= 4 is 0 Å². The molecule has 0 saturated heterocycles. The van der Waals surface area contributed by atoms with Crippen molar-refractivity contribution in [3.63, 3.8) is 0 Å². The number of nitrogens with one attached hydrogen (secondary N) is 1. The molecule has 2 aromatic rings. The molecule has 0 amide bonds. The maximum Gasteiger partial charge on any atom is 0.131 e. The van der Waals surface area contributed by atoms with Crippen LogP contribution in [0.1, 0.15) is 23.2 Å². The Morgan fingerprint density at radius 2 is 1.90 bits per heavy atom. The molecule has 3 N–H and O–H groups in total. The van der Waals surface area contributed by atoms with Crippen molar-refractivity contribution < 1.29 is 23.4 Å². The first-order valence-corrected chi connectivity index (χ1v) is 6.12. The summed E-state index contributed by atoms with van der Waals surface area (Å²) in [7, 11) is 0. The van der Waals surface area contributed by atoms with Gasteiger partial charge in [0.2, 0.25) is 0 Å². The lowest BCUT2D eigenvalue weighted by Gasteiger charge is -2.12. The summed E-state index contributed by atoms with van der Waals surface area (Å²) in [6.07, 6.45) is -1.08. The fourth-order valence-electron chi connectivity index (χ4n) is 1.82. The summed E-state index contributed by atoms with van der Waals surface area (Å²) in [4.78, 5) is 0. The van der Waals surface area contributed by atoms with Crippen LogP contribution in [0, 0.1) is 11.6 Å². The summed E-state index contributed by atoms with van der Waals surface area (Å²) in [6, 6.07) is 6.39. The lowest BCUT2D eigenvalue weighted by Crippen LogP contribution is -2.21. The van der Waals surface area contributed by atoms with Crippen molar-refractivity contribution in [3.05, 3.63) is 59.1 Å². The van der Waals surface area contributed by atoms with Crippen molar-refractivity contribution in [2.24, 2.45) is 0 Å². The molecule has 4 nitrogen and oxygen atoms in total. The molecule has 1 aromatic carbocycles. The highest BCUT2D eigenvalue weighted by Gasteiger charge is 2.13. The maximum atomic E-state index is 13.4. The number of aliphatic hydroxyl groups is 2. The van der Waals surface area contributed by atoms with Crippen LogP contribution in [0.15, 0.2) is 34.7 Å². The number of benzene rings is 1. The van der Waals surface area contributed by atoms with Crippen molar-refractivity contribution in [2.45, 2.75) is 19.3 Å². The maximum absolute atomic E-state index is 13.4. The minimum atomic E-state index is -1.08. The minimum Gasteiger partial charge on any atom is -0.462 e. The van der Waals surface area contributed by atoms with Crippen LogP contribution in [0.3, 0.4) is 0 Å². The number of furan rings is 1. The van der Waals surface area contributed by atoms with E-state index in [4.69, 9.17) is 9.52 Å². The molecule has 0 aliphatic carbocycles. The largest absolute Gasteiger partial charge is 0.462 e. The van der Waals surface area contributed by atoms with Gasteiger partial charge in [-0.05, 0) is 18.2 Å². The Labute approximate surface area is 114 Å². The van der Waals surface area contributed by atoms with E-state index in [0.717, 1.165) is 12.1 Å². The third-order valence-electron chi connectivity index (χ3n) is 2.83. The van der Waals surface area contributed by atoms with Crippen LogP contribution in [0.25, 0.3) is 0 Å². The summed E-state index contributed by atoms with van der Waals surface area (Å²) in [5.74, 6) is -0.411. The van der Waals surface area contributed by atoms with Crippen LogP contribution < -0.4 is 5.32 Å². The molecule has 1 heterocycles. The number of rotatable bonds is 6. The molecule has 1 aromatic heterocycles. The van der Waals surface area contributed by atoms with Crippen LogP contribution in [0.2, 0.25) is 0 Å². The second-order valence-electron chi connectivity index (χ2n) is 4.34.